The van der Waals surface area contributed by atoms with Crippen LogP contribution in [0.4, 0.5) is 11.6 Å². The number of amides is 1. The maximum Gasteiger partial charge on any atom is 0.255 e. The van der Waals surface area contributed by atoms with Crippen LogP contribution in [0.2, 0.25) is 5.02 Å². The van der Waals surface area contributed by atoms with Crippen molar-refractivity contribution in [2.24, 2.45) is 0 Å². The Labute approximate surface area is 250 Å². The predicted molar refractivity (Wildman–Crippen MR) is 163 cm³/mol. The highest BCUT2D eigenvalue weighted by Crippen LogP contribution is 2.43. The quantitative estimate of drug-likeness (QED) is 0.196. The first-order valence-corrected chi connectivity index (χ1v) is 14.5. The number of anilines is 2. The van der Waals surface area contributed by atoms with Crippen molar-refractivity contribution in [3.63, 3.8) is 0 Å². The third-order valence-corrected chi connectivity index (χ3v) is 8.28. The molecule has 2 N–H and O–H groups in total. The molecule has 1 aliphatic rings. The minimum absolute atomic E-state index is 0.252. The number of methoxy groups -OCH3 is 2. The van der Waals surface area contributed by atoms with Crippen LogP contribution in [-0.2, 0) is 10.5 Å². The highest BCUT2D eigenvalue weighted by atomic mass is 79.9. The van der Waals surface area contributed by atoms with E-state index in [4.69, 9.17) is 31.2 Å². The van der Waals surface area contributed by atoms with E-state index in [-0.39, 0.29) is 5.91 Å². The number of hydrogen-bond acceptors (Lipinski definition) is 7. The summed E-state index contributed by atoms with van der Waals surface area (Å²) in [5.74, 6) is 1.96. The Bertz CT molecular complexity index is 1620. The molecule has 1 atom stereocenters. The van der Waals surface area contributed by atoms with Crippen LogP contribution in [0.3, 0.4) is 0 Å². The molecule has 4 aromatic rings. The summed E-state index contributed by atoms with van der Waals surface area (Å²) < 4.78 is 13.6. The van der Waals surface area contributed by atoms with Crippen molar-refractivity contribution >= 4 is 56.8 Å². The Morgan fingerprint density at radius 1 is 1.12 bits per heavy atom. The molecular weight excluding hydrogens is 614 g/mol. The molecule has 1 aliphatic heterocycles. The van der Waals surface area contributed by atoms with Crippen LogP contribution in [0, 0.1) is 6.92 Å². The highest BCUT2D eigenvalue weighted by Gasteiger charge is 2.35. The number of hydrogen-bond donors (Lipinski definition) is 2. The van der Waals surface area contributed by atoms with Crippen molar-refractivity contribution in [3.05, 3.63) is 98.1 Å². The van der Waals surface area contributed by atoms with Crippen LogP contribution in [-0.4, -0.2) is 34.9 Å². The molecule has 11 heteroatoms. The second kappa shape index (κ2) is 12.0. The summed E-state index contributed by atoms with van der Waals surface area (Å²) in [6, 6.07) is 18.5. The molecule has 0 spiro atoms. The van der Waals surface area contributed by atoms with Crippen LogP contribution in [0.25, 0.3) is 0 Å². The average molecular weight is 641 g/mol. The van der Waals surface area contributed by atoms with Crippen LogP contribution >= 0.6 is 39.3 Å². The standard InChI is InChI=1S/C29H27BrClN5O3S/c1-16-8-7-10-20(12-16)33-27(37)24-17(2)32-28-34-29(40-15-18-9-5-6-11-22(18)31)35-36(28)25(24)19-13-21(30)26(39-4)23(14-19)38-3/h5-14,25H,15H2,1-4H3,(H,33,37)(H,32,34,35). The molecule has 40 heavy (non-hydrogen) atoms. The summed E-state index contributed by atoms with van der Waals surface area (Å²) in [6.07, 6.45) is 0. The van der Waals surface area contributed by atoms with E-state index in [1.807, 2.05) is 74.5 Å². The number of allylic oxidation sites excluding steroid dienone is 1. The first kappa shape index (κ1) is 28.1. The molecule has 8 nitrogen and oxygen atoms in total. The Balaban J connectivity index is 1.57. The summed E-state index contributed by atoms with van der Waals surface area (Å²) in [6.45, 7) is 3.85. The van der Waals surface area contributed by atoms with Gasteiger partial charge < -0.3 is 20.1 Å². The van der Waals surface area contributed by atoms with Crippen molar-refractivity contribution in [3.8, 4) is 11.5 Å². The zero-order chi connectivity index (χ0) is 28.4. The topological polar surface area (TPSA) is 90.3 Å². The number of rotatable bonds is 8. The van der Waals surface area contributed by atoms with E-state index in [1.165, 1.54) is 11.8 Å². The molecule has 206 valence electrons. The molecule has 3 aromatic carbocycles. The third-order valence-electron chi connectivity index (χ3n) is 6.44. The second-order valence-electron chi connectivity index (χ2n) is 9.17. The maximum atomic E-state index is 13.8. The van der Waals surface area contributed by atoms with Crippen LogP contribution in [0.15, 0.2) is 81.6 Å². The zero-order valence-electron chi connectivity index (χ0n) is 22.3. The SMILES string of the molecule is COc1cc(C2C(C(=O)Nc3cccc(C)c3)=C(C)Nc3nc(SCc4ccccc4Cl)nn32)cc(Br)c1OC. The van der Waals surface area contributed by atoms with Crippen molar-refractivity contribution < 1.29 is 14.3 Å². The van der Waals surface area contributed by atoms with Gasteiger partial charge >= 0.3 is 0 Å². The van der Waals surface area contributed by atoms with E-state index in [2.05, 4.69) is 26.6 Å². The molecule has 0 bridgehead atoms. The highest BCUT2D eigenvalue weighted by molar-refractivity contribution is 9.10. The van der Waals surface area contributed by atoms with Crippen molar-refractivity contribution in [1.29, 1.82) is 0 Å². The Morgan fingerprint density at radius 2 is 1.93 bits per heavy atom. The summed E-state index contributed by atoms with van der Waals surface area (Å²) in [5.41, 5.74) is 4.68. The van der Waals surface area contributed by atoms with E-state index in [0.29, 0.717) is 54.8 Å². The molecule has 0 saturated heterocycles. The van der Waals surface area contributed by atoms with Gasteiger partial charge in [-0.3, -0.25) is 4.79 Å². The Morgan fingerprint density at radius 3 is 2.65 bits per heavy atom. The molecule has 1 aromatic heterocycles. The number of nitrogens with zero attached hydrogens (tertiary/aromatic N) is 3. The first-order chi connectivity index (χ1) is 19.3. The number of carbonyl (C=O) groups excluding carboxylic acids is 1. The van der Waals surface area contributed by atoms with Gasteiger partial charge in [0, 0.05) is 22.2 Å². The van der Waals surface area contributed by atoms with E-state index in [9.17, 15) is 4.79 Å². The molecule has 0 radical (unpaired) electrons. The van der Waals surface area contributed by atoms with Gasteiger partial charge in [0.15, 0.2) is 11.5 Å². The average Bonchev–Trinajstić information content (AvgIpc) is 3.33. The van der Waals surface area contributed by atoms with Crippen LogP contribution in [0.5, 0.6) is 11.5 Å². The lowest BCUT2D eigenvalue weighted by molar-refractivity contribution is -0.113. The fraction of sp³-hybridized carbons (Fsp3) is 0.207. The number of benzene rings is 3. The number of nitrogens with one attached hydrogen (secondary N) is 2. The first-order valence-electron chi connectivity index (χ1n) is 12.4. The predicted octanol–water partition coefficient (Wildman–Crippen LogP) is 7.24. The zero-order valence-corrected chi connectivity index (χ0v) is 25.4. The molecule has 0 saturated carbocycles. The van der Waals surface area contributed by atoms with Gasteiger partial charge in [0.25, 0.3) is 5.91 Å². The number of ether oxygens (including phenoxy) is 2. The monoisotopic (exact) mass is 639 g/mol. The van der Waals surface area contributed by atoms with Crippen LogP contribution < -0.4 is 20.1 Å². The minimum Gasteiger partial charge on any atom is -0.493 e. The lowest BCUT2D eigenvalue weighted by Crippen LogP contribution is -2.31. The molecule has 0 fully saturated rings. The van der Waals surface area contributed by atoms with E-state index < -0.39 is 6.04 Å². The van der Waals surface area contributed by atoms with Gasteiger partial charge in [-0.05, 0) is 76.8 Å². The smallest absolute Gasteiger partial charge is 0.255 e. The summed E-state index contributed by atoms with van der Waals surface area (Å²) in [4.78, 5) is 18.6. The number of halogens is 2. The largest absolute Gasteiger partial charge is 0.493 e. The lowest BCUT2D eigenvalue weighted by atomic mass is 9.94. The molecule has 5 rings (SSSR count). The van der Waals surface area contributed by atoms with E-state index >= 15 is 0 Å². The molecule has 1 unspecified atom stereocenters. The van der Waals surface area contributed by atoms with Gasteiger partial charge in [0.2, 0.25) is 11.1 Å². The normalized spacial score (nSPS) is 14.4. The van der Waals surface area contributed by atoms with Crippen molar-refractivity contribution in [2.75, 3.05) is 24.9 Å². The number of fused-ring (bicyclic) bond motifs is 1. The molecule has 1 amide bonds. The fourth-order valence-electron chi connectivity index (χ4n) is 4.57. The third kappa shape index (κ3) is 5.70. The van der Waals surface area contributed by atoms with Gasteiger partial charge in [0.1, 0.15) is 6.04 Å². The van der Waals surface area contributed by atoms with Crippen molar-refractivity contribution in [2.45, 2.75) is 30.8 Å². The lowest BCUT2D eigenvalue weighted by Gasteiger charge is -2.29. The Kier molecular flexibility index (Phi) is 8.39. The van der Waals surface area contributed by atoms with Crippen molar-refractivity contribution in [1.82, 2.24) is 14.8 Å². The number of aromatic nitrogens is 3. The van der Waals surface area contributed by atoms with Gasteiger partial charge in [-0.15, -0.1) is 5.10 Å². The molecular formula is C29H27BrClN5O3S. The van der Waals surface area contributed by atoms with Gasteiger partial charge in [-0.1, -0.05) is 53.7 Å². The fourth-order valence-corrected chi connectivity index (χ4v) is 6.31. The van der Waals surface area contributed by atoms with E-state index in [0.717, 1.165) is 16.7 Å². The summed E-state index contributed by atoms with van der Waals surface area (Å²) in [5, 5.41) is 12.4. The van der Waals surface area contributed by atoms with Gasteiger partial charge in [-0.25, -0.2) is 4.68 Å². The maximum absolute atomic E-state index is 13.8. The molecule has 2 heterocycles. The summed E-state index contributed by atoms with van der Waals surface area (Å²) in [7, 11) is 3.16. The molecule has 0 aliphatic carbocycles. The van der Waals surface area contributed by atoms with Gasteiger partial charge in [0.05, 0.1) is 24.3 Å². The number of aryl methyl sites for hydroxylation is 1. The second-order valence-corrected chi connectivity index (χ2v) is 11.4. The number of carbonyl (C=O) groups is 1. The summed E-state index contributed by atoms with van der Waals surface area (Å²) >= 11 is 11.4. The van der Waals surface area contributed by atoms with E-state index in [1.54, 1.807) is 18.9 Å². The van der Waals surface area contributed by atoms with Gasteiger partial charge in [-0.2, -0.15) is 4.98 Å². The minimum atomic E-state index is -0.598. The Hall–Kier alpha value is -3.47. The van der Waals surface area contributed by atoms with Crippen LogP contribution in [0.1, 0.15) is 29.7 Å². The number of thioether (sulfide) groups is 1.